The number of halogens is 2. The molecule has 1 aliphatic carbocycles. The third-order valence-corrected chi connectivity index (χ3v) is 7.90. The number of carbonyl (C=O) groups excluding carboxylic acids is 1. The summed E-state index contributed by atoms with van der Waals surface area (Å²) >= 11 is 6.21. The summed E-state index contributed by atoms with van der Waals surface area (Å²) in [7, 11) is -1.89. The van der Waals surface area contributed by atoms with Gasteiger partial charge < -0.3 is 15.4 Å². The Hall–Kier alpha value is -1.80. The number of nitrogens with two attached hydrogens (primary N) is 1. The van der Waals surface area contributed by atoms with Crippen molar-refractivity contribution >= 4 is 39.9 Å². The third kappa shape index (κ3) is 6.63. The minimum absolute atomic E-state index is 0. The van der Waals surface area contributed by atoms with Gasteiger partial charge in [-0.15, -0.1) is 12.4 Å². The van der Waals surface area contributed by atoms with E-state index in [2.05, 4.69) is 6.07 Å². The molecule has 0 heterocycles. The first-order valence-electron chi connectivity index (χ1n) is 10.8. The highest BCUT2D eigenvalue weighted by atomic mass is 35.5. The maximum Gasteiger partial charge on any atom is 0.409 e. The topological polar surface area (TPSA) is 89.7 Å². The van der Waals surface area contributed by atoms with Gasteiger partial charge in [0.2, 0.25) is 0 Å². The molecule has 9 heteroatoms. The lowest BCUT2D eigenvalue weighted by Crippen LogP contribution is -2.48. The van der Waals surface area contributed by atoms with Crippen LogP contribution in [-0.4, -0.2) is 51.9 Å². The summed E-state index contributed by atoms with van der Waals surface area (Å²) in [6, 6.07) is 14.8. The summed E-state index contributed by atoms with van der Waals surface area (Å²) in [5.41, 5.74) is 8.08. The van der Waals surface area contributed by atoms with Crippen molar-refractivity contribution in [1.82, 2.24) is 4.90 Å². The SMILES string of the molecule is COC(=O)N(CCc1cccc(S(C)(=O)=O)c1)C1CCC(CN)(c2cccc(Cl)c2)CC1.Cl. The van der Waals surface area contributed by atoms with Crippen LogP contribution in [0.2, 0.25) is 5.02 Å². The fourth-order valence-corrected chi connectivity index (χ4v) is 5.50. The highest BCUT2D eigenvalue weighted by Gasteiger charge is 2.38. The molecular formula is C24H32Cl2N2O4S. The standard InChI is InChI=1S/C24H31ClN2O4S.ClH/c1-31-23(28)27(14-11-18-5-3-8-22(15-18)32(2,29)30)21-9-12-24(17-26,13-10-21)19-6-4-7-20(25)16-19;/h3-8,15-16,21H,9-14,17,26H2,1-2H3;1H. The van der Waals surface area contributed by atoms with E-state index < -0.39 is 9.84 Å². The number of rotatable bonds is 7. The van der Waals surface area contributed by atoms with Crippen LogP contribution in [0.3, 0.4) is 0 Å². The Labute approximate surface area is 207 Å². The molecule has 2 aromatic carbocycles. The minimum Gasteiger partial charge on any atom is -0.453 e. The Kier molecular flexibility index (Phi) is 9.61. The highest BCUT2D eigenvalue weighted by Crippen LogP contribution is 2.41. The number of benzene rings is 2. The van der Waals surface area contributed by atoms with Crippen LogP contribution in [0.25, 0.3) is 0 Å². The largest absolute Gasteiger partial charge is 0.453 e. The van der Waals surface area contributed by atoms with Gasteiger partial charge in [-0.3, -0.25) is 0 Å². The van der Waals surface area contributed by atoms with Crippen molar-refractivity contribution in [2.45, 2.75) is 48.5 Å². The molecule has 0 atom stereocenters. The molecule has 0 saturated heterocycles. The molecule has 0 aromatic heterocycles. The van der Waals surface area contributed by atoms with E-state index in [-0.39, 0.29) is 34.9 Å². The van der Waals surface area contributed by atoms with Gasteiger partial charge in [0.25, 0.3) is 0 Å². The van der Waals surface area contributed by atoms with Gasteiger partial charge in [-0.25, -0.2) is 13.2 Å². The Morgan fingerprint density at radius 2 is 1.85 bits per heavy atom. The molecule has 0 aliphatic heterocycles. The van der Waals surface area contributed by atoms with E-state index in [9.17, 15) is 13.2 Å². The number of ether oxygens (including phenoxy) is 1. The average molecular weight is 516 g/mol. The van der Waals surface area contributed by atoms with E-state index in [0.29, 0.717) is 24.5 Å². The summed E-state index contributed by atoms with van der Waals surface area (Å²) in [6.45, 7) is 0.980. The molecule has 2 aromatic rings. The van der Waals surface area contributed by atoms with Crippen LogP contribution in [0.5, 0.6) is 0 Å². The Morgan fingerprint density at radius 3 is 2.42 bits per heavy atom. The predicted molar refractivity (Wildman–Crippen MR) is 134 cm³/mol. The highest BCUT2D eigenvalue weighted by molar-refractivity contribution is 7.90. The number of methoxy groups -OCH3 is 1. The van der Waals surface area contributed by atoms with Crippen molar-refractivity contribution in [3.63, 3.8) is 0 Å². The van der Waals surface area contributed by atoms with Crippen molar-refractivity contribution in [2.24, 2.45) is 5.73 Å². The summed E-state index contributed by atoms with van der Waals surface area (Å²) in [6.07, 6.45) is 4.70. The number of hydrogen-bond acceptors (Lipinski definition) is 5. The molecule has 182 valence electrons. The number of carbonyl (C=O) groups is 1. The zero-order valence-corrected chi connectivity index (χ0v) is 21.4. The minimum atomic E-state index is -3.28. The van der Waals surface area contributed by atoms with Crippen molar-refractivity contribution in [1.29, 1.82) is 0 Å². The summed E-state index contributed by atoms with van der Waals surface area (Å²) in [4.78, 5) is 14.6. The number of amides is 1. The average Bonchev–Trinajstić information content (AvgIpc) is 2.79. The van der Waals surface area contributed by atoms with Crippen LogP contribution in [0.4, 0.5) is 4.79 Å². The second-order valence-electron chi connectivity index (χ2n) is 8.56. The van der Waals surface area contributed by atoms with Crippen molar-refractivity contribution < 1.29 is 17.9 Å². The summed E-state index contributed by atoms with van der Waals surface area (Å²) < 4.78 is 28.8. The van der Waals surface area contributed by atoms with Crippen LogP contribution >= 0.6 is 24.0 Å². The summed E-state index contributed by atoms with van der Waals surface area (Å²) in [5, 5.41) is 0.699. The zero-order valence-electron chi connectivity index (χ0n) is 19.0. The molecule has 3 rings (SSSR count). The third-order valence-electron chi connectivity index (χ3n) is 6.56. The van der Waals surface area contributed by atoms with E-state index in [1.165, 1.54) is 13.4 Å². The lowest BCUT2D eigenvalue weighted by Gasteiger charge is -2.43. The summed E-state index contributed by atoms with van der Waals surface area (Å²) in [5.74, 6) is 0. The first kappa shape index (κ1) is 27.4. The van der Waals surface area contributed by atoms with Crippen molar-refractivity contribution in [3.8, 4) is 0 Å². The van der Waals surface area contributed by atoms with Crippen LogP contribution in [0, 0.1) is 0 Å². The smallest absolute Gasteiger partial charge is 0.409 e. The van der Waals surface area contributed by atoms with Gasteiger partial charge in [0.05, 0.1) is 12.0 Å². The van der Waals surface area contributed by atoms with Gasteiger partial charge in [0, 0.05) is 35.8 Å². The van der Waals surface area contributed by atoms with Crippen molar-refractivity contribution in [3.05, 3.63) is 64.7 Å². The zero-order chi connectivity index (χ0) is 23.4. The van der Waals surface area contributed by atoms with Gasteiger partial charge in [-0.05, 0) is 67.5 Å². The molecule has 1 amide bonds. The fourth-order valence-electron chi connectivity index (χ4n) is 4.62. The molecular weight excluding hydrogens is 483 g/mol. The second-order valence-corrected chi connectivity index (χ2v) is 11.0. The molecule has 0 unspecified atom stereocenters. The maximum atomic E-state index is 12.6. The van der Waals surface area contributed by atoms with Crippen LogP contribution in [-0.2, 0) is 26.4 Å². The Balaban J connectivity index is 0.00000385. The van der Waals surface area contributed by atoms with Crippen LogP contribution < -0.4 is 5.73 Å². The predicted octanol–water partition coefficient (Wildman–Crippen LogP) is 4.62. The molecule has 1 aliphatic rings. The first-order chi connectivity index (χ1) is 15.2. The molecule has 0 bridgehead atoms. The normalized spacial score (nSPS) is 20.5. The van der Waals surface area contributed by atoms with Gasteiger partial charge in [0.15, 0.2) is 9.84 Å². The molecule has 1 fully saturated rings. The van der Waals surface area contributed by atoms with Gasteiger partial charge in [-0.2, -0.15) is 0 Å². The van der Waals surface area contributed by atoms with Gasteiger partial charge in [0.1, 0.15) is 0 Å². The van der Waals surface area contributed by atoms with E-state index in [1.54, 1.807) is 23.1 Å². The quantitative estimate of drug-likeness (QED) is 0.582. The fraction of sp³-hybridized carbons (Fsp3) is 0.458. The number of nitrogens with zero attached hydrogens (tertiary/aromatic N) is 1. The van der Waals surface area contributed by atoms with E-state index >= 15 is 0 Å². The van der Waals surface area contributed by atoms with Gasteiger partial charge in [-0.1, -0.05) is 35.9 Å². The molecule has 1 saturated carbocycles. The van der Waals surface area contributed by atoms with E-state index in [0.717, 1.165) is 36.8 Å². The second kappa shape index (κ2) is 11.6. The van der Waals surface area contributed by atoms with E-state index in [4.69, 9.17) is 22.1 Å². The van der Waals surface area contributed by atoms with E-state index in [1.807, 2.05) is 24.3 Å². The first-order valence-corrected chi connectivity index (χ1v) is 13.1. The van der Waals surface area contributed by atoms with Crippen LogP contribution in [0.15, 0.2) is 53.4 Å². The van der Waals surface area contributed by atoms with Gasteiger partial charge >= 0.3 is 6.09 Å². The molecule has 2 N–H and O–H groups in total. The Morgan fingerprint density at radius 1 is 1.18 bits per heavy atom. The molecule has 0 radical (unpaired) electrons. The lowest BCUT2D eigenvalue weighted by molar-refractivity contribution is 0.0844. The molecule has 0 spiro atoms. The molecule has 33 heavy (non-hydrogen) atoms. The monoisotopic (exact) mass is 514 g/mol. The maximum absolute atomic E-state index is 12.6. The molecule has 6 nitrogen and oxygen atoms in total. The van der Waals surface area contributed by atoms with Crippen LogP contribution in [0.1, 0.15) is 36.8 Å². The lowest BCUT2D eigenvalue weighted by atomic mass is 9.68. The number of hydrogen-bond donors (Lipinski definition) is 1. The Bertz CT molecular complexity index is 1050. The number of sulfone groups is 1. The van der Waals surface area contributed by atoms with Crippen molar-refractivity contribution in [2.75, 3.05) is 26.5 Å².